The van der Waals surface area contributed by atoms with Gasteiger partial charge in [-0.25, -0.2) is 4.98 Å². The third-order valence-corrected chi connectivity index (χ3v) is 5.14. The molecule has 1 aliphatic heterocycles. The normalized spacial score (nSPS) is 24.1. The monoisotopic (exact) mass is 361 g/mol. The van der Waals surface area contributed by atoms with Crippen molar-refractivity contribution in [1.82, 2.24) is 15.2 Å². The fourth-order valence-corrected chi connectivity index (χ4v) is 3.60. The summed E-state index contributed by atoms with van der Waals surface area (Å²) < 4.78 is 12.2. The number of hydrogen-bond donors (Lipinski definition) is 1. The lowest BCUT2D eigenvalue weighted by atomic mass is 9.91. The Kier molecular flexibility index (Phi) is 6.86. The minimum atomic E-state index is -0.0382. The predicted molar refractivity (Wildman–Crippen MR) is 100 cm³/mol. The van der Waals surface area contributed by atoms with Crippen molar-refractivity contribution < 1.29 is 14.3 Å². The number of rotatable bonds is 8. The van der Waals surface area contributed by atoms with E-state index in [1.165, 1.54) is 19.9 Å². The van der Waals surface area contributed by atoms with Gasteiger partial charge in [-0.05, 0) is 37.4 Å². The number of carbonyl (C=O) groups is 1. The van der Waals surface area contributed by atoms with Gasteiger partial charge in [0.15, 0.2) is 0 Å². The molecule has 1 aromatic heterocycles. The highest BCUT2D eigenvalue weighted by atomic mass is 16.5. The van der Waals surface area contributed by atoms with E-state index in [1.807, 2.05) is 12.1 Å². The van der Waals surface area contributed by atoms with Crippen molar-refractivity contribution in [3.8, 4) is 5.88 Å². The van der Waals surface area contributed by atoms with Gasteiger partial charge >= 0.3 is 0 Å². The van der Waals surface area contributed by atoms with Crippen molar-refractivity contribution in [2.24, 2.45) is 0 Å². The van der Waals surface area contributed by atoms with Gasteiger partial charge in [-0.2, -0.15) is 0 Å². The lowest BCUT2D eigenvalue weighted by molar-refractivity contribution is -0.119. The number of piperidine rings is 1. The van der Waals surface area contributed by atoms with Crippen LogP contribution in [0.15, 0.2) is 18.3 Å². The zero-order valence-corrected chi connectivity index (χ0v) is 15.9. The smallest absolute Gasteiger partial charge is 0.217 e. The van der Waals surface area contributed by atoms with Crippen molar-refractivity contribution in [1.29, 1.82) is 0 Å². The zero-order chi connectivity index (χ0) is 18.4. The van der Waals surface area contributed by atoms with Crippen LogP contribution in [0.5, 0.6) is 5.88 Å². The molecule has 26 heavy (non-hydrogen) atoms. The molecule has 6 nitrogen and oxygen atoms in total. The van der Waals surface area contributed by atoms with Crippen LogP contribution in [0.25, 0.3) is 0 Å². The highest BCUT2D eigenvalue weighted by Gasteiger charge is 2.34. The maximum atomic E-state index is 11.0. The van der Waals surface area contributed by atoms with Gasteiger partial charge in [0.25, 0.3) is 0 Å². The second-order valence-electron chi connectivity index (χ2n) is 7.42. The number of nitrogens with zero attached hydrogens (tertiary/aromatic N) is 2. The molecule has 1 aliphatic carbocycles. The molecule has 2 fully saturated rings. The average Bonchev–Trinajstić information content (AvgIpc) is 2.60. The fraction of sp³-hybridized carbons (Fsp3) is 0.700. The molecule has 2 heterocycles. The summed E-state index contributed by atoms with van der Waals surface area (Å²) >= 11 is 0. The third kappa shape index (κ3) is 5.68. The average molecular weight is 361 g/mol. The van der Waals surface area contributed by atoms with E-state index >= 15 is 0 Å². The van der Waals surface area contributed by atoms with Crippen molar-refractivity contribution in [2.45, 2.75) is 70.8 Å². The van der Waals surface area contributed by atoms with Crippen LogP contribution < -0.4 is 10.1 Å². The fourth-order valence-electron chi connectivity index (χ4n) is 3.60. The number of likely N-dealkylation sites (tertiary alicyclic amines) is 1. The zero-order valence-electron chi connectivity index (χ0n) is 15.9. The van der Waals surface area contributed by atoms with Crippen LogP contribution in [0.4, 0.5) is 0 Å². The molecule has 1 aromatic rings. The van der Waals surface area contributed by atoms with Gasteiger partial charge in [-0.1, -0.05) is 6.92 Å². The highest BCUT2D eigenvalue weighted by Crippen LogP contribution is 2.30. The second kappa shape index (κ2) is 9.33. The Morgan fingerprint density at radius 3 is 2.73 bits per heavy atom. The molecular formula is C20H31N3O3. The second-order valence-corrected chi connectivity index (χ2v) is 7.42. The van der Waals surface area contributed by atoms with E-state index < -0.39 is 0 Å². The Balaban J connectivity index is 1.35. The molecule has 0 atom stereocenters. The molecule has 1 N–H and O–H groups in total. The van der Waals surface area contributed by atoms with E-state index in [9.17, 15) is 4.79 Å². The SMILES string of the molecule is CCCN1CCC(OC2CC(Oc3cc(CNC(C)=O)ccn3)C2)CC1. The van der Waals surface area contributed by atoms with Crippen LogP contribution in [0.1, 0.15) is 51.5 Å². The molecule has 3 rings (SSSR count). The van der Waals surface area contributed by atoms with Gasteiger partial charge in [0.1, 0.15) is 6.10 Å². The first-order chi connectivity index (χ1) is 12.6. The van der Waals surface area contributed by atoms with Crippen molar-refractivity contribution in [2.75, 3.05) is 19.6 Å². The van der Waals surface area contributed by atoms with Crippen LogP contribution in [-0.4, -0.2) is 53.7 Å². The molecule has 0 spiro atoms. The van der Waals surface area contributed by atoms with E-state index in [1.54, 1.807) is 6.20 Å². The molecule has 2 aliphatic rings. The summed E-state index contributed by atoms with van der Waals surface area (Å²) in [6.45, 7) is 7.79. The third-order valence-electron chi connectivity index (χ3n) is 5.14. The maximum Gasteiger partial charge on any atom is 0.217 e. The molecule has 1 saturated heterocycles. The van der Waals surface area contributed by atoms with Crippen LogP contribution in [0.2, 0.25) is 0 Å². The van der Waals surface area contributed by atoms with E-state index in [2.05, 4.69) is 22.1 Å². The molecule has 144 valence electrons. The minimum absolute atomic E-state index is 0.0382. The van der Waals surface area contributed by atoms with Gasteiger partial charge in [-0.3, -0.25) is 4.79 Å². The van der Waals surface area contributed by atoms with Crippen molar-refractivity contribution >= 4 is 5.91 Å². The lowest BCUT2D eigenvalue weighted by Crippen LogP contribution is -2.44. The number of carbonyl (C=O) groups excluding carboxylic acids is 1. The standard InChI is InChI=1S/C20H31N3O3/c1-3-8-23-9-5-17(6-10-23)25-18-12-19(13-18)26-20-11-16(4-7-21-20)14-22-15(2)24/h4,7,11,17-19H,3,5-6,8-10,12-14H2,1-2H3,(H,22,24). The van der Waals surface area contributed by atoms with Crippen molar-refractivity contribution in [3.05, 3.63) is 23.9 Å². The van der Waals surface area contributed by atoms with Gasteiger partial charge in [0.2, 0.25) is 11.8 Å². The number of nitrogens with one attached hydrogen (secondary N) is 1. The molecule has 6 heteroatoms. The summed E-state index contributed by atoms with van der Waals surface area (Å²) in [6, 6.07) is 3.79. The van der Waals surface area contributed by atoms with E-state index in [4.69, 9.17) is 9.47 Å². The first-order valence-electron chi connectivity index (χ1n) is 9.86. The van der Waals surface area contributed by atoms with Gasteiger partial charge in [0, 0.05) is 51.7 Å². The van der Waals surface area contributed by atoms with Gasteiger partial charge in [0.05, 0.1) is 12.2 Å². The quantitative estimate of drug-likeness (QED) is 0.771. The lowest BCUT2D eigenvalue weighted by Gasteiger charge is -2.39. The predicted octanol–water partition coefficient (Wildman–Crippen LogP) is 2.52. The molecule has 0 unspecified atom stereocenters. The summed E-state index contributed by atoms with van der Waals surface area (Å²) in [5.41, 5.74) is 0.996. The molecule has 0 bridgehead atoms. The highest BCUT2D eigenvalue weighted by molar-refractivity contribution is 5.72. The largest absolute Gasteiger partial charge is 0.474 e. The molecule has 0 radical (unpaired) electrons. The Bertz CT molecular complexity index is 581. The minimum Gasteiger partial charge on any atom is -0.474 e. The van der Waals surface area contributed by atoms with Crippen LogP contribution in [0.3, 0.4) is 0 Å². The first kappa shape index (κ1) is 19.1. The van der Waals surface area contributed by atoms with Gasteiger partial charge in [-0.15, -0.1) is 0 Å². The summed E-state index contributed by atoms with van der Waals surface area (Å²) in [6.07, 6.45) is 8.04. The van der Waals surface area contributed by atoms with Gasteiger partial charge < -0.3 is 19.7 Å². The Labute approximate surface area is 156 Å². The number of pyridine rings is 1. The molecule has 0 aromatic carbocycles. The Morgan fingerprint density at radius 2 is 2.04 bits per heavy atom. The number of ether oxygens (including phenoxy) is 2. The number of aromatic nitrogens is 1. The Hall–Kier alpha value is -1.66. The maximum absolute atomic E-state index is 11.0. The van der Waals surface area contributed by atoms with Crippen LogP contribution >= 0.6 is 0 Å². The van der Waals surface area contributed by atoms with Crippen LogP contribution in [0, 0.1) is 0 Å². The Morgan fingerprint density at radius 1 is 1.27 bits per heavy atom. The van der Waals surface area contributed by atoms with Crippen molar-refractivity contribution in [3.63, 3.8) is 0 Å². The first-order valence-corrected chi connectivity index (χ1v) is 9.86. The summed E-state index contributed by atoms with van der Waals surface area (Å²) in [5.74, 6) is 0.591. The molecular weight excluding hydrogens is 330 g/mol. The van der Waals surface area contributed by atoms with E-state index in [-0.39, 0.29) is 12.0 Å². The van der Waals surface area contributed by atoms with E-state index in [0.717, 1.165) is 44.3 Å². The summed E-state index contributed by atoms with van der Waals surface area (Å²) in [5, 5.41) is 2.79. The number of amides is 1. The van der Waals surface area contributed by atoms with Crippen LogP contribution in [-0.2, 0) is 16.1 Å². The summed E-state index contributed by atoms with van der Waals surface area (Å²) in [4.78, 5) is 17.8. The summed E-state index contributed by atoms with van der Waals surface area (Å²) in [7, 11) is 0. The van der Waals surface area contributed by atoms with E-state index in [0.29, 0.717) is 24.6 Å². The topological polar surface area (TPSA) is 63.7 Å². The molecule has 1 saturated carbocycles. The molecule has 1 amide bonds. The number of hydrogen-bond acceptors (Lipinski definition) is 5.